The monoisotopic (exact) mass is 251 g/mol. The first-order valence-corrected chi connectivity index (χ1v) is 6.37. The van der Waals surface area contributed by atoms with E-state index in [0.29, 0.717) is 0 Å². The molecule has 0 fully saturated rings. The Labute approximate surface area is 110 Å². The number of rotatable bonds is 1. The van der Waals surface area contributed by atoms with Crippen LogP contribution in [-0.2, 0) is 6.42 Å². The highest BCUT2D eigenvalue weighted by Crippen LogP contribution is 2.27. The van der Waals surface area contributed by atoms with Crippen molar-refractivity contribution in [2.24, 2.45) is 0 Å². The standard InChI is InChI=1S/C14H13N5/c1-9-2-5-13-16-17-14(19(13)18-9)11-3-4-12-10(8-11)6-7-15-12/h2-5,8,15H,6-7H2,1H3. The van der Waals surface area contributed by atoms with Crippen LogP contribution in [0.1, 0.15) is 11.3 Å². The highest BCUT2D eigenvalue weighted by Gasteiger charge is 2.14. The largest absolute Gasteiger partial charge is 0.384 e. The van der Waals surface area contributed by atoms with Crippen LogP contribution in [0.2, 0.25) is 0 Å². The number of fused-ring (bicyclic) bond motifs is 2. The lowest BCUT2D eigenvalue weighted by molar-refractivity contribution is 0.901. The molecule has 5 heteroatoms. The first-order valence-electron chi connectivity index (χ1n) is 6.37. The lowest BCUT2D eigenvalue weighted by Gasteiger charge is -2.03. The second-order valence-electron chi connectivity index (χ2n) is 4.82. The molecule has 0 unspecified atom stereocenters. The van der Waals surface area contributed by atoms with Gasteiger partial charge in [0.25, 0.3) is 0 Å². The minimum atomic E-state index is 0.777. The summed E-state index contributed by atoms with van der Waals surface area (Å²) in [6.07, 6.45) is 1.06. The highest BCUT2D eigenvalue weighted by atomic mass is 15.4. The SMILES string of the molecule is Cc1ccc2nnc(-c3ccc4c(c3)CCN4)n2n1. The lowest BCUT2D eigenvalue weighted by Crippen LogP contribution is -1.97. The molecule has 1 aromatic carbocycles. The third-order valence-corrected chi connectivity index (χ3v) is 3.47. The molecular weight excluding hydrogens is 238 g/mol. The maximum Gasteiger partial charge on any atom is 0.185 e. The Hall–Kier alpha value is -2.43. The van der Waals surface area contributed by atoms with Gasteiger partial charge >= 0.3 is 0 Å². The van der Waals surface area contributed by atoms with Gasteiger partial charge in [0.15, 0.2) is 11.5 Å². The smallest absolute Gasteiger partial charge is 0.185 e. The first kappa shape index (κ1) is 10.5. The molecule has 19 heavy (non-hydrogen) atoms. The topological polar surface area (TPSA) is 55.1 Å². The number of aryl methyl sites for hydroxylation is 1. The Morgan fingerprint density at radius 3 is 3.05 bits per heavy atom. The highest BCUT2D eigenvalue weighted by molar-refractivity contribution is 5.67. The summed E-state index contributed by atoms with van der Waals surface area (Å²) < 4.78 is 1.80. The Balaban J connectivity index is 1.92. The van der Waals surface area contributed by atoms with E-state index >= 15 is 0 Å². The molecule has 0 amide bonds. The Kier molecular flexibility index (Phi) is 2.09. The molecule has 2 aromatic heterocycles. The van der Waals surface area contributed by atoms with Crippen molar-refractivity contribution in [1.29, 1.82) is 0 Å². The quantitative estimate of drug-likeness (QED) is 0.719. The molecule has 3 heterocycles. The van der Waals surface area contributed by atoms with Crippen LogP contribution in [0.5, 0.6) is 0 Å². The van der Waals surface area contributed by atoms with Crippen LogP contribution in [0.4, 0.5) is 5.69 Å². The van der Waals surface area contributed by atoms with Crippen LogP contribution < -0.4 is 5.32 Å². The zero-order valence-corrected chi connectivity index (χ0v) is 10.6. The van der Waals surface area contributed by atoms with E-state index in [1.807, 2.05) is 19.1 Å². The van der Waals surface area contributed by atoms with Crippen molar-refractivity contribution in [3.05, 3.63) is 41.6 Å². The van der Waals surface area contributed by atoms with Crippen molar-refractivity contribution in [1.82, 2.24) is 19.8 Å². The normalized spacial score (nSPS) is 13.5. The minimum absolute atomic E-state index is 0.777. The van der Waals surface area contributed by atoms with E-state index in [4.69, 9.17) is 0 Å². The zero-order valence-electron chi connectivity index (χ0n) is 10.6. The number of benzene rings is 1. The molecule has 0 radical (unpaired) electrons. The third-order valence-electron chi connectivity index (χ3n) is 3.47. The summed E-state index contributed by atoms with van der Waals surface area (Å²) >= 11 is 0. The molecule has 4 rings (SSSR count). The van der Waals surface area contributed by atoms with Crippen molar-refractivity contribution in [3.8, 4) is 11.4 Å². The second-order valence-corrected chi connectivity index (χ2v) is 4.82. The van der Waals surface area contributed by atoms with E-state index in [0.717, 1.165) is 35.7 Å². The van der Waals surface area contributed by atoms with Crippen molar-refractivity contribution < 1.29 is 0 Å². The lowest BCUT2D eigenvalue weighted by atomic mass is 10.1. The third kappa shape index (κ3) is 1.58. The van der Waals surface area contributed by atoms with Crippen LogP contribution in [-0.4, -0.2) is 26.4 Å². The molecule has 0 aliphatic carbocycles. The van der Waals surface area contributed by atoms with Gasteiger partial charge in [-0.15, -0.1) is 10.2 Å². The predicted octanol–water partition coefficient (Wildman–Crippen LogP) is 2.07. The maximum absolute atomic E-state index is 4.48. The molecule has 0 bridgehead atoms. The Morgan fingerprint density at radius 1 is 1.16 bits per heavy atom. The molecule has 3 aromatic rings. The van der Waals surface area contributed by atoms with Gasteiger partial charge in [-0.1, -0.05) is 0 Å². The van der Waals surface area contributed by atoms with E-state index in [9.17, 15) is 0 Å². The number of aromatic nitrogens is 4. The summed E-state index contributed by atoms with van der Waals surface area (Å²) in [7, 11) is 0. The summed E-state index contributed by atoms with van der Waals surface area (Å²) in [6.45, 7) is 2.98. The number of hydrogen-bond donors (Lipinski definition) is 1. The van der Waals surface area contributed by atoms with Crippen LogP contribution in [0.3, 0.4) is 0 Å². The molecule has 1 aliphatic heterocycles. The van der Waals surface area contributed by atoms with Crippen molar-refractivity contribution in [2.75, 3.05) is 11.9 Å². The van der Waals surface area contributed by atoms with E-state index in [-0.39, 0.29) is 0 Å². The minimum Gasteiger partial charge on any atom is -0.384 e. The first-order chi connectivity index (χ1) is 9.31. The van der Waals surface area contributed by atoms with E-state index in [2.05, 4.69) is 38.8 Å². The zero-order chi connectivity index (χ0) is 12.8. The average Bonchev–Trinajstić information content (AvgIpc) is 3.03. The molecular formula is C14H13N5. The molecule has 5 nitrogen and oxygen atoms in total. The van der Waals surface area contributed by atoms with Crippen molar-refractivity contribution in [2.45, 2.75) is 13.3 Å². The fourth-order valence-corrected chi connectivity index (χ4v) is 2.50. The number of nitrogens with one attached hydrogen (secondary N) is 1. The maximum atomic E-state index is 4.48. The molecule has 0 saturated heterocycles. The van der Waals surface area contributed by atoms with Crippen LogP contribution in [0.25, 0.3) is 17.0 Å². The fourth-order valence-electron chi connectivity index (χ4n) is 2.50. The van der Waals surface area contributed by atoms with E-state index in [1.54, 1.807) is 4.52 Å². The summed E-state index contributed by atoms with van der Waals surface area (Å²) in [5.74, 6) is 0.799. The van der Waals surface area contributed by atoms with Gasteiger partial charge in [-0.25, -0.2) is 0 Å². The molecule has 1 aliphatic rings. The average molecular weight is 251 g/mol. The molecule has 1 N–H and O–H groups in total. The van der Waals surface area contributed by atoms with Crippen LogP contribution in [0.15, 0.2) is 30.3 Å². The fraction of sp³-hybridized carbons (Fsp3) is 0.214. The molecule has 0 atom stereocenters. The van der Waals surface area contributed by atoms with Gasteiger partial charge < -0.3 is 5.32 Å². The van der Waals surface area contributed by atoms with Gasteiger partial charge in [0, 0.05) is 17.8 Å². The Bertz CT molecular complexity index is 775. The van der Waals surface area contributed by atoms with Gasteiger partial charge in [0.2, 0.25) is 0 Å². The van der Waals surface area contributed by atoms with Gasteiger partial charge in [-0.3, -0.25) is 0 Å². The predicted molar refractivity (Wildman–Crippen MR) is 73.1 cm³/mol. The molecule has 0 saturated carbocycles. The molecule has 0 spiro atoms. The van der Waals surface area contributed by atoms with Gasteiger partial charge in [-0.2, -0.15) is 9.61 Å². The number of nitrogens with zero attached hydrogens (tertiary/aromatic N) is 4. The van der Waals surface area contributed by atoms with Gasteiger partial charge in [-0.05, 0) is 49.2 Å². The van der Waals surface area contributed by atoms with Crippen LogP contribution in [0, 0.1) is 6.92 Å². The van der Waals surface area contributed by atoms with Gasteiger partial charge in [0.05, 0.1) is 5.69 Å². The Morgan fingerprint density at radius 2 is 2.11 bits per heavy atom. The van der Waals surface area contributed by atoms with Crippen LogP contribution >= 0.6 is 0 Å². The second kappa shape index (κ2) is 3.78. The van der Waals surface area contributed by atoms with Crippen molar-refractivity contribution >= 4 is 11.3 Å². The van der Waals surface area contributed by atoms with E-state index < -0.39 is 0 Å². The number of hydrogen-bond acceptors (Lipinski definition) is 4. The van der Waals surface area contributed by atoms with Gasteiger partial charge in [0.1, 0.15) is 0 Å². The summed E-state index contributed by atoms with van der Waals surface area (Å²) in [5, 5.41) is 16.3. The summed E-state index contributed by atoms with van der Waals surface area (Å²) in [5.41, 5.74) is 5.35. The summed E-state index contributed by atoms with van der Waals surface area (Å²) in [4.78, 5) is 0. The molecule has 94 valence electrons. The summed E-state index contributed by atoms with van der Waals surface area (Å²) in [6, 6.07) is 10.2. The van der Waals surface area contributed by atoms with Crippen molar-refractivity contribution in [3.63, 3.8) is 0 Å². The number of anilines is 1. The van der Waals surface area contributed by atoms with E-state index in [1.165, 1.54) is 11.3 Å².